The van der Waals surface area contributed by atoms with Crippen molar-refractivity contribution < 1.29 is 9.53 Å². The Morgan fingerprint density at radius 1 is 1.50 bits per heavy atom. The molecule has 0 spiro atoms. The fourth-order valence-electron chi connectivity index (χ4n) is 2.03. The summed E-state index contributed by atoms with van der Waals surface area (Å²) in [7, 11) is 1.44. The number of amides is 1. The van der Waals surface area contributed by atoms with Gasteiger partial charge in [0.1, 0.15) is 0 Å². The van der Waals surface area contributed by atoms with Gasteiger partial charge >= 0.3 is 6.09 Å². The number of carbonyl (C=O) groups is 1. The number of carbonyl (C=O) groups excluding carboxylic acids is 1. The van der Waals surface area contributed by atoms with Crippen molar-refractivity contribution in [2.24, 2.45) is 5.73 Å². The molecule has 4 heteroatoms. The van der Waals surface area contributed by atoms with E-state index in [0.717, 1.165) is 25.8 Å². The molecule has 1 saturated heterocycles. The Bertz CT molecular complexity index is 185. The highest BCUT2D eigenvalue weighted by Crippen LogP contribution is 2.19. The molecule has 0 aliphatic carbocycles. The van der Waals surface area contributed by atoms with Gasteiger partial charge in [0.2, 0.25) is 0 Å². The van der Waals surface area contributed by atoms with Crippen molar-refractivity contribution in [2.75, 3.05) is 20.2 Å². The molecule has 1 amide bonds. The molecule has 1 heterocycles. The van der Waals surface area contributed by atoms with E-state index in [0.29, 0.717) is 6.54 Å². The van der Waals surface area contributed by atoms with Crippen LogP contribution in [0, 0.1) is 0 Å². The molecular formula is C10H20N2O2. The highest BCUT2D eigenvalue weighted by atomic mass is 16.5. The molecule has 0 bridgehead atoms. The summed E-state index contributed by atoms with van der Waals surface area (Å²) in [6.07, 6.45) is 5.22. The van der Waals surface area contributed by atoms with Crippen molar-refractivity contribution in [3.8, 4) is 0 Å². The maximum absolute atomic E-state index is 11.5. The first-order valence-electron chi connectivity index (χ1n) is 5.34. The second-order valence-electron chi connectivity index (χ2n) is 3.74. The minimum Gasteiger partial charge on any atom is -0.453 e. The van der Waals surface area contributed by atoms with Gasteiger partial charge in [0.25, 0.3) is 0 Å². The van der Waals surface area contributed by atoms with Crippen molar-refractivity contribution in [3.63, 3.8) is 0 Å². The Morgan fingerprint density at radius 2 is 2.29 bits per heavy atom. The van der Waals surface area contributed by atoms with Crippen LogP contribution < -0.4 is 5.73 Å². The molecule has 0 radical (unpaired) electrons. The summed E-state index contributed by atoms with van der Waals surface area (Å²) in [4.78, 5) is 13.3. The molecule has 0 saturated carbocycles. The number of methoxy groups -OCH3 is 1. The van der Waals surface area contributed by atoms with Crippen LogP contribution in [0.2, 0.25) is 0 Å². The SMILES string of the molecule is COC(=O)N1CCCCCC1CCN. The van der Waals surface area contributed by atoms with Crippen molar-refractivity contribution in [3.05, 3.63) is 0 Å². The lowest BCUT2D eigenvalue weighted by molar-refractivity contribution is 0.104. The van der Waals surface area contributed by atoms with Gasteiger partial charge in [0, 0.05) is 12.6 Å². The standard InChI is InChI=1S/C10H20N2O2/c1-14-10(13)12-8-4-2-3-5-9(12)6-7-11/h9H,2-8,11H2,1H3. The van der Waals surface area contributed by atoms with E-state index in [9.17, 15) is 4.79 Å². The summed E-state index contributed by atoms with van der Waals surface area (Å²) in [5, 5.41) is 0. The largest absolute Gasteiger partial charge is 0.453 e. The maximum atomic E-state index is 11.5. The van der Waals surface area contributed by atoms with E-state index < -0.39 is 0 Å². The van der Waals surface area contributed by atoms with Gasteiger partial charge in [0.15, 0.2) is 0 Å². The predicted molar refractivity (Wildman–Crippen MR) is 55.0 cm³/mol. The Morgan fingerprint density at radius 3 is 2.93 bits per heavy atom. The van der Waals surface area contributed by atoms with Crippen LogP contribution in [-0.2, 0) is 4.74 Å². The maximum Gasteiger partial charge on any atom is 0.409 e. The summed E-state index contributed by atoms with van der Waals surface area (Å²) in [6.45, 7) is 1.45. The van der Waals surface area contributed by atoms with E-state index in [2.05, 4.69) is 0 Å². The van der Waals surface area contributed by atoms with Crippen LogP contribution in [0.5, 0.6) is 0 Å². The molecule has 1 aliphatic rings. The van der Waals surface area contributed by atoms with Gasteiger partial charge in [-0.1, -0.05) is 12.8 Å². The number of ether oxygens (including phenoxy) is 1. The predicted octanol–water partition coefficient (Wildman–Crippen LogP) is 1.35. The highest BCUT2D eigenvalue weighted by molar-refractivity contribution is 5.67. The van der Waals surface area contributed by atoms with E-state index >= 15 is 0 Å². The van der Waals surface area contributed by atoms with Gasteiger partial charge in [-0.2, -0.15) is 0 Å². The monoisotopic (exact) mass is 200 g/mol. The summed E-state index contributed by atoms with van der Waals surface area (Å²) in [5.41, 5.74) is 5.54. The fourth-order valence-corrected chi connectivity index (χ4v) is 2.03. The lowest BCUT2D eigenvalue weighted by Crippen LogP contribution is -2.40. The topological polar surface area (TPSA) is 55.6 Å². The normalized spacial score (nSPS) is 23.0. The van der Waals surface area contributed by atoms with Crippen molar-refractivity contribution in [1.82, 2.24) is 4.90 Å². The lowest BCUT2D eigenvalue weighted by atomic mass is 10.1. The van der Waals surface area contributed by atoms with Crippen LogP contribution >= 0.6 is 0 Å². The van der Waals surface area contributed by atoms with Crippen LogP contribution in [0.1, 0.15) is 32.1 Å². The van der Waals surface area contributed by atoms with Crippen molar-refractivity contribution >= 4 is 6.09 Å². The summed E-state index contributed by atoms with van der Waals surface area (Å²) < 4.78 is 4.77. The van der Waals surface area contributed by atoms with Crippen molar-refractivity contribution in [1.29, 1.82) is 0 Å². The molecule has 0 aromatic rings. The van der Waals surface area contributed by atoms with Crippen LogP contribution in [0.4, 0.5) is 4.79 Å². The third-order valence-corrected chi connectivity index (χ3v) is 2.79. The fraction of sp³-hybridized carbons (Fsp3) is 0.900. The first-order valence-corrected chi connectivity index (χ1v) is 5.34. The Balaban J connectivity index is 2.58. The summed E-state index contributed by atoms with van der Waals surface area (Å²) in [6, 6.07) is 0.287. The molecule has 1 aliphatic heterocycles. The molecule has 1 rings (SSSR count). The van der Waals surface area contributed by atoms with E-state index in [1.54, 1.807) is 0 Å². The number of rotatable bonds is 2. The Labute approximate surface area is 85.4 Å². The Kier molecular flexibility index (Phi) is 4.73. The van der Waals surface area contributed by atoms with Crippen LogP contribution in [0.3, 0.4) is 0 Å². The van der Waals surface area contributed by atoms with Crippen LogP contribution in [0.15, 0.2) is 0 Å². The van der Waals surface area contributed by atoms with Gasteiger partial charge in [-0.25, -0.2) is 4.79 Å². The van der Waals surface area contributed by atoms with E-state index in [4.69, 9.17) is 10.5 Å². The molecule has 1 atom stereocenters. The van der Waals surface area contributed by atoms with E-state index in [1.165, 1.54) is 20.0 Å². The number of hydrogen-bond donors (Lipinski definition) is 1. The van der Waals surface area contributed by atoms with Crippen molar-refractivity contribution in [2.45, 2.75) is 38.1 Å². The zero-order chi connectivity index (χ0) is 10.4. The molecule has 14 heavy (non-hydrogen) atoms. The Hall–Kier alpha value is -0.770. The number of nitrogens with two attached hydrogens (primary N) is 1. The lowest BCUT2D eigenvalue weighted by Gasteiger charge is -2.28. The van der Waals surface area contributed by atoms with E-state index in [1.807, 2.05) is 4.90 Å². The quantitative estimate of drug-likeness (QED) is 0.732. The van der Waals surface area contributed by atoms with Gasteiger partial charge < -0.3 is 15.4 Å². The van der Waals surface area contributed by atoms with Crippen LogP contribution in [-0.4, -0.2) is 37.2 Å². The zero-order valence-electron chi connectivity index (χ0n) is 8.87. The van der Waals surface area contributed by atoms with Crippen LogP contribution in [0.25, 0.3) is 0 Å². The molecule has 82 valence electrons. The molecule has 2 N–H and O–H groups in total. The summed E-state index contributed by atoms with van der Waals surface area (Å²) in [5.74, 6) is 0. The number of likely N-dealkylation sites (tertiary alicyclic amines) is 1. The number of nitrogens with zero attached hydrogens (tertiary/aromatic N) is 1. The third kappa shape index (κ3) is 2.87. The zero-order valence-corrected chi connectivity index (χ0v) is 8.87. The minimum atomic E-state index is -0.203. The van der Waals surface area contributed by atoms with Gasteiger partial charge in [-0.3, -0.25) is 0 Å². The third-order valence-electron chi connectivity index (χ3n) is 2.79. The molecule has 0 aromatic heterocycles. The minimum absolute atomic E-state index is 0.203. The average molecular weight is 200 g/mol. The second kappa shape index (κ2) is 5.86. The first kappa shape index (κ1) is 11.3. The van der Waals surface area contributed by atoms with Gasteiger partial charge in [0.05, 0.1) is 7.11 Å². The molecular weight excluding hydrogens is 180 g/mol. The molecule has 1 fully saturated rings. The smallest absolute Gasteiger partial charge is 0.409 e. The second-order valence-corrected chi connectivity index (χ2v) is 3.74. The molecule has 4 nitrogen and oxygen atoms in total. The first-order chi connectivity index (χ1) is 6.79. The van der Waals surface area contributed by atoms with Gasteiger partial charge in [-0.15, -0.1) is 0 Å². The highest BCUT2D eigenvalue weighted by Gasteiger charge is 2.24. The molecule has 0 aromatic carbocycles. The number of hydrogen-bond acceptors (Lipinski definition) is 3. The average Bonchev–Trinajstić information content (AvgIpc) is 2.43. The summed E-state index contributed by atoms with van der Waals surface area (Å²) >= 11 is 0. The van der Waals surface area contributed by atoms with E-state index in [-0.39, 0.29) is 12.1 Å². The molecule has 1 unspecified atom stereocenters. The van der Waals surface area contributed by atoms with Gasteiger partial charge in [-0.05, 0) is 25.8 Å².